The lowest BCUT2D eigenvalue weighted by molar-refractivity contribution is 0.171. The van der Waals surface area contributed by atoms with E-state index in [4.69, 9.17) is 14.5 Å². The van der Waals surface area contributed by atoms with Crippen molar-refractivity contribution in [1.82, 2.24) is 14.5 Å². The Balaban J connectivity index is 1.58. The largest absolute Gasteiger partial charge is 0.486 e. The summed E-state index contributed by atoms with van der Waals surface area (Å²) in [5.74, 6) is 2.62. The predicted octanol–water partition coefficient (Wildman–Crippen LogP) is 4.92. The van der Waals surface area contributed by atoms with Gasteiger partial charge in [0, 0.05) is 16.4 Å². The summed E-state index contributed by atoms with van der Waals surface area (Å²) >= 11 is 5.11. The summed E-state index contributed by atoms with van der Waals surface area (Å²) in [6.45, 7) is 3.06. The Kier molecular flexibility index (Phi) is 5.41. The Labute approximate surface area is 191 Å². The molecule has 156 valence electrons. The zero-order valence-corrected chi connectivity index (χ0v) is 19.1. The predicted molar refractivity (Wildman–Crippen MR) is 125 cm³/mol. The molecule has 0 fully saturated rings. The molecule has 0 saturated carbocycles. The highest BCUT2D eigenvalue weighted by Crippen LogP contribution is 2.37. The quantitative estimate of drug-likeness (QED) is 0.295. The lowest BCUT2D eigenvalue weighted by atomic mass is 10.2. The molecule has 0 atom stereocenters. The molecule has 1 aliphatic heterocycles. The van der Waals surface area contributed by atoms with E-state index in [1.807, 2.05) is 49.4 Å². The normalized spacial score (nSPS) is 12.8. The number of rotatable bonds is 4. The van der Waals surface area contributed by atoms with Crippen LogP contribution in [0.15, 0.2) is 69.2 Å². The van der Waals surface area contributed by atoms with Gasteiger partial charge in [-0.15, -0.1) is 0 Å². The molecule has 31 heavy (non-hydrogen) atoms. The van der Waals surface area contributed by atoms with Gasteiger partial charge in [0.15, 0.2) is 16.7 Å². The van der Waals surface area contributed by atoms with Crippen molar-refractivity contribution in [2.24, 2.45) is 0 Å². The summed E-state index contributed by atoms with van der Waals surface area (Å²) in [7, 11) is 0. The van der Waals surface area contributed by atoms with Crippen molar-refractivity contribution in [3.8, 4) is 17.3 Å². The van der Waals surface area contributed by atoms with E-state index >= 15 is 0 Å². The van der Waals surface area contributed by atoms with E-state index < -0.39 is 0 Å². The number of benzene rings is 2. The second-order valence-electron chi connectivity index (χ2n) is 7.12. The molecule has 0 bridgehead atoms. The first-order chi connectivity index (χ1) is 15.1. The number of aromatic nitrogens is 3. The van der Waals surface area contributed by atoms with Crippen molar-refractivity contribution in [3.05, 3.63) is 80.7 Å². The molecule has 3 heterocycles. The number of hydrogen-bond acceptors (Lipinski definition) is 6. The average molecular weight is 496 g/mol. The van der Waals surface area contributed by atoms with E-state index in [-0.39, 0.29) is 5.56 Å². The number of ether oxygens (including phenoxy) is 2. The van der Waals surface area contributed by atoms with Crippen molar-refractivity contribution < 1.29 is 9.47 Å². The first kappa shape index (κ1) is 20.1. The van der Waals surface area contributed by atoms with Gasteiger partial charge in [0.05, 0.1) is 10.9 Å². The van der Waals surface area contributed by atoms with Gasteiger partial charge >= 0.3 is 0 Å². The number of pyridine rings is 1. The highest BCUT2D eigenvalue weighted by molar-refractivity contribution is 9.10. The van der Waals surface area contributed by atoms with Crippen LogP contribution in [0, 0.1) is 6.92 Å². The number of para-hydroxylation sites is 1. The van der Waals surface area contributed by atoms with Crippen LogP contribution >= 0.6 is 27.7 Å². The molecule has 1 aliphatic rings. The summed E-state index contributed by atoms with van der Waals surface area (Å²) in [6, 6.07) is 15.1. The molecule has 2 aromatic carbocycles. The second kappa shape index (κ2) is 8.36. The van der Waals surface area contributed by atoms with Crippen LogP contribution in [0.3, 0.4) is 0 Å². The molecule has 2 aromatic heterocycles. The van der Waals surface area contributed by atoms with E-state index in [9.17, 15) is 4.79 Å². The third-order valence-electron chi connectivity index (χ3n) is 4.94. The molecule has 0 N–H and O–H groups in total. The maximum absolute atomic E-state index is 13.4. The zero-order chi connectivity index (χ0) is 21.4. The minimum absolute atomic E-state index is 0.132. The zero-order valence-electron chi connectivity index (χ0n) is 16.7. The van der Waals surface area contributed by atoms with Crippen LogP contribution in [0.4, 0.5) is 0 Å². The van der Waals surface area contributed by atoms with Crippen LogP contribution in [0.1, 0.15) is 11.1 Å². The third kappa shape index (κ3) is 3.93. The maximum atomic E-state index is 13.4. The number of thioether (sulfide) groups is 1. The van der Waals surface area contributed by atoms with Crippen LogP contribution in [-0.4, -0.2) is 27.7 Å². The number of nitrogens with zero attached hydrogens (tertiary/aromatic N) is 3. The highest BCUT2D eigenvalue weighted by Gasteiger charge is 2.18. The minimum Gasteiger partial charge on any atom is -0.486 e. The Morgan fingerprint density at radius 1 is 1.10 bits per heavy atom. The van der Waals surface area contributed by atoms with Crippen LogP contribution in [0.5, 0.6) is 11.5 Å². The first-order valence-corrected chi connectivity index (χ1v) is 11.5. The maximum Gasteiger partial charge on any atom is 0.267 e. The summed E-state index contributed by atoms with van der Waals surface area (Å²) in [5, 5.41) is 1.15. The van der Waals surface area contributed by atoms with Crippen molar-refractivity contribution in [2.45, 2.75) is 17.8 Å². The summed E-state index contributed by atoms with van der Waals surface area (Å²) in [5.41, 5.74) is 2.59. The van der Waals surface area contributed by atoms with Crippen LogP contribution in [0.25, 0.3) is 16.7 Å². The lowest BCUT2D eigenvalue weighted by Gasteiger charge is -2.20. The van der Waals surface area contributed by atoms with Gasteiger partial charge in [-0.25, -0.2) is 14.5 Å². The van der Waals surface area contributed by atoms with Gasteiger partial charge in [-0.1, -0.05) is 39.8 Å². The molecule has 0 unspecified atom stereocenters. The lowest BCUT2D eigenvalue weighted by Crippen LogP contribution is -2.22. The first-order valence-electron chi connectivity index (χ1n) is 9.76. The van der Waals surface area contributed by atoms with E-state index in [1.165, 1.54) is 11.8 Å². The smallest absolute Gasteiger partial charge is 0.267 e. The highest BCUT2D eigenvalue weighted by atomic mass is 79.9. The van der Waals surface area contributed by atoms with Crippen molar-refractivity contribution >= 4 is 38.6 Å². The fraction of sp³-hybridized carbons (Fsp3) is 0.174. The molecule has 8 heteroatoms. The number of aryl methyl sites for hydroxylation is 1. The van der Waals surface area contributed by atoms with Gasteiger partial charge in [-0.3, -0.25) is 4.79 Å². The summed E-state index contributed by atoms with van der Waals surface area (Å²) < 4.78 is 13.9. The second-order valence-corrected chi connectivity index (χ2v) is 8.92. The summed E-state index contributed by atoms with van der Waals surface area (Å²) in [6.07, 6.45) is 1.71. The number of halogens is 1. The van der Waals surface area contributed by atoms with Gasteiger partial charge in [0.2, 0.25) is 0 Å². The molecule has 0 amide bonds. The Bertz CT molecular complexity index is 1360. The topological polar surface area (TPSA) is 66.2 Å². The van der Waals surface area contributed by atoms with Gasteiger partial charge in [-0.05, 0) is 54.4 Å². The molecule has 6 nitrogen and oxygen atoms in total. The average Bonchev–Trinajstić information content (AvgIpc) is 2.78. The molecular formula is C23H18BrN3O3S. The van der Waals surface area contributed by atoms with E-state index in [0.717, 1.165) is 27.1 Å². The molecule has 0 radical (unpaired) electrons. The molecule has 5 rings (SSSR count). The van der Waals surface area contributed by atoms with Crippen molar-refractivity contribution in [1.29, 1.82) is 0 Å². The Hall–Kier alpha value is -2.84. The fourth-order valence-electron chi connectivity index (χ4n) is 3.41. The van der Waals surface area contributed by atoms with E-state index in [1.54, 1.807) is 16.8 Å². The van der Waals surface area contributed by atoms with Gasteiger partial charge < -0.3 is 9.47 Å². The van der Waals surface area contributed by atoms with E-state index in [2.05, 4.69) is 20.9 Å². The molecule has 0 aliphatic carbocycles. The molecule has 4 aromatic rings. The summed E-state index contributed by atoms with van der Waals surface area (Å²) in [4.78, 5) is 22.6. The monoisotopic (exact) mass is 495 g/mol. The molecular weight excluding hydrogens is 478 g/mol. The van der Waals surface area contributed by atoms with Crippen molar-refractivity contribution in [3.63, 3.8) is 0 Å². The number of fused-ring (bicyclic) bond motifs is 2. The van der Waals surface area contributed by atoms with Crippen molar-refractivity contribution in [2.75, 3.05) is 13.2 Å². The number of hydrogen-bond donors (Lipinski definition) is 0. The SMILES string of the molecule is Cc1ccnc(-n2c(SCc3cc4c(cc3Br)OCCO4)nc3ccccc3c2=O)c1. The van der Waals surface area contributed by atoms with Gasteiger partial charge in [0.1, 0.15) is 19.0 Å². The fourth-order valence-corrected chi connectivity index (χ4v) is 5.05. The standard InChI is InChI=1S/C23H18BrN3O3S/c1-14-6-7-25-21(10-14)27-22(28)16-4-2-3-5-18(16)26-23(27)31-13-15-11-19-20(12-17(15)24)30-9-8-29-19/h2-7,10-12H,8-9,13H2,1H3. The third-order valence-corrected chi connectivity index (χ3v) is 6.67. The van der Waals surface area contributed by atoms with Crippen LogP contribution in [-0.2, 0) is 5.75 Å². The molecule has 0 saturated heterocycles. The van der Waals surface area contributed by atoms with Crippen LogP contribution < -0.4 is 15.0 Å². The minimum atomic E-state index is -0.132. The van der Waals surface area contributed by atoms with Gasteiger partial charge in [-0.2, -0.15) is 0 Å². The van der Waals surface area contributed by atoms with Crippen LogP contribution in [0.2, 0.25) is 0 Å². The van der Waals surface area contributed by atoms with Gasteiger partial charge in [0.25, 0.3) is 5.56 Å². The Morgan fingerprint density at radius 3 is 2.68 bits per heavy atom. The molecule has 0 spiro atoms. The van der Waals surface area contributed by atoms with E-state index in [0.29, 0.717) is 40.8 Å². The Morgan fingerprint density at radius 2 is 1.87 bits per heavy atom.